The normalized spacial score (nSPS) is 18.1. The summed E-state index contributed by atoms with van der Waals surface area (Å²) in [5, 5.41) is 12.4. The quantitative estimate of drug-likeness (QED) is 0.853. The van der Waals surface area contributed by atoms with Gasteiger partial charge in [0.25, 0.3) is 0 Å². The molecule has 20 heavy (non-hydrogen) atoms. The molecule has 1 aliphatic rings. The van der Waals surface area contributed by atoms with Crippen molar-refractivity contribution in [3.8, 4) is 11.4 Å². The molecule has 5 nitrogen and oxygen atoms in total. The molecule has 1 fully saturated rings. The summed E-state index contributed by atoms with van der Waals surface area (Å²) in [4.78, 5) is 0. The number of anilines is 1. The van der Waals surface area contributed by atoms with Gasteiger partial charge in [0.1, 0.15) is 0 Å². The largest absolute Gasteiger partial charge is 0.398 e. The molecule has 3 rings (SSSR count). The molecule has 1 aliphatic carbocycles. The molecule has 1 aromatic heterocycles. The van der Waals surface area contributed by atoms with Gasteiger partial charge in [0, 0.05) is 11.3 Å². The molecule has 0 radical (unpaired) electrons. The van der Waals surface area contributed by atoms with Gasteiger partial charge in [-0.1, -0.05) is 31.4 Å². The fraction of sp³-hybridized carbons (Fsp3) is 0.533. The van der Waals surface area contributed by atoms with E-state index in [1.165, 1.54) is 19.3 Å². The van der Waals surface area contributed by atoms with Crippen LogP contribution in [0.4, 0.5) is 5.69 Å². The van der Waals surface area contributed by atoms with Crippen molar-refractivity contribution in [1.29, 1.82) is 0 Å². The third kappa shape index (κ3) is 2.17. The lowest BCUT2D eigenvalue weighted by Crippen LogP contribution is -2.34. The van der Waals surface area contributed by atoms with Crippen molar-refractivity contribution >= 4 is 5.69 Å². The molecule has 0 amide bonds. The minimum atomic E-state index is 0.0245. The Morgan fingerprint density at radius 2 is 1.95 bits per heavy atom. The van der Waals surface area contributed by atoms with Gasteiger partial charge < -0.3 is 5.73 Å². The number of nitrogens with zero attached hydrogens (tertiary/aromatic N) is 4. The summed E-state index contributed by atoms with van der Waals surface area (Å²) in [6.45, 7) is 4.26. The second-order valence-electron chi connectivity index (χ2n) is 6.04. The van der Waals surface area contributed by atoms with Crippen LogP contribution in [0.3, 0.4) is 0 Å². The molecule has 2 N–H and O–H groups in total. The highest BCUT2D eigenvalue weighted by Gasteiger charge is 2.32. The molecule has 1 saturated carbocycles. The van der Waals surface area contributed by atoms with E-state index < -0.39 is 0 Å². The first-order valence-electron chi connectivity index (χ1n) is 7.25. The molecule has 0 spiro atoms. The molecular formula is C15H21N5. The number of aryl methyl sites for hydroxylation is 1. The van der Waals surface area contributed by atoms with Crippen LogP contribution in [0.1, 0.15) is 44.6 Å². The minimum Gasteiger partial charge on any atom is -0.398 e. The average molecular weight is 271 g/mol. The zero-order valence-corrected chi connectivity index (χ0v) is 12.1. The fourth-order valence-electron chi connectivity index (χ4n) is 3.04. The van der Waals surface area contributed by atoms with E-state index in [2.05, 4.69) is 22.4 Å². The number of aromatic nitrogens is 4. The Bertz CT molecular complexity index is 610. The van der Waals surface area contributed by atoms with E-state index in [0.29, 0.717) is 0 Å². The summed E-state index contributed by atoms with van der Waals surface area (Å²) in [7, 11) is 0. The van der Waals surface area contributed by atoms with Crippen LogP contribution in [-0.2, 0) is 5.54 Å². The van der Waals surface area contributed by atoms with Crippen LogP contribution >= 0.6 is 0 Å². The molecule has 0 saturated heterocycles. The molecule has 106 valence electrons. The van der Waals surface area contributed by atoms with Crippen molar-refractivity contribution < 1.29 is 0 Å². The molecule has 0 unspecified atom stereocenters. The number of nitrogens with two attached hydrogens (primary N) is 1. The van der Waals surface area contributed by atoms with E-state index in [1.54, 1.807) is 0 Å². The SMILES string of the molecule is Cc1ccc(-c2nnnn2C2(C)CCCCC2)cc1N. The summed E-state index contributed by atoms with van der Waals surface area (Å²) >= 11 is 0. The van der Waals surface area contributed by atoms with Gasteiger partial charge in [0.15, 0.2) is 5.82 Å². The summed E-state index contributed by atoms with van der Waals surface area (Å²) in [6, 6.07) is 6.02. The van der Waals surface area contributed by atoms with Gasteiger partial charge in [-0.05, 0) is 48.7 Å². The molecular weight excluding hydrogens is 250 g/mol. The Balaban J connectivity index is 2.03. The first kappa shape index (κ1) is 13.1. The predicted molar refractivity (Wildman–Crippen MR) is 79.1 cm³/mol. The number of benzene rings is 1. The first-order valence-corrected chi connectivity index (χ1v) is 7.25. The topological polar surface area (TPSA) is 69.6 Å². The second-order valence-corrected chi connectivity index (χ2v) is 6.04. The lowest BCUT2D eigenvalue weighted by atomic mass is 9.83. The van der Waals surface area contributed by atoms with E-state index >= 15 is 0 Å². The average Bonchev–Trinajstić information content (AvgIpc) is 2.93. The van der Waals surface area contributed by atoms with Gasteiger partial charge in [-0.25, -0.2) is 4.68 Å². The molecule has 2 aromatic rings. The Morgan fingerprint density at radius 1 is 1.20 bits per heavy atom. The Kier molecular flexibility index (Phi) is 3.20. The first-order chi connectivity index (χ1) is 9.60. The highest BCUT2D eigenvalue weighted by molar-refractivity contribution is 5.63. The van der Waals surface area contributed by atoms with Gasteiger partial charge in [-0.3, -0.25) is 0 Å². The van der Waals surface area contributed by atoms with E-state index in [0.717, 1.165) is 35.5 Å². The maximum absolute atomic E-state index is 6.01. The van der Waals surface area contributed by atoms with Gasteiger partial charge in [0.2, 0.25) is 0 Å². The van der Waals surface area contributed by atoms with E-state index in [9.17, 15) is 0 Å². The number of rotatable bonds is 2. The van der Waals surface area contributed by atoms with Crippen molar-refractivity contribution in [2.75, 3.05) is 5.73 Å². The zero-order chi connectivity index (χ0) is 14.2. The second kappa shape index (κ2) is 4.89. The molecule has 0 aliphatic heterocycles. The van der Waals surface area contributed by atoms with E-state index in [4.69, 9.17) is 5.73 Å². The Hall–Kier alpha value is -1.91. The maximum atomic E-state index is 6.01. The fourth-order valence-corrected chi connectivity index (χ4v) is 3.04. The summed E-state index contributed by atoms with van der Waals surface area (Å²) in [5.74, 6) is 0.820. The van der Waals surface area contributed by atoms with Crippen LogP contribution < -0.4 is 5.73 Å². The molecule has 1 heterocycles. The van der Waals surface area contributed by atoms with Crippen molar-refractivity contribution in [3.63, 3.8) is 0 Å². The van der Waals surface area contributed by atoms with Crippen LogP contribution in [0.2, 0.25) is 0 Å². The Labute approximate surface area is 119 Å². The van der Waals surface area contributed by atoms with Crippen LogP contribution in [-0.4, -0.2) is 20.2 Å². The highest BCUT2D eigenvalue weighted by Crippen LogP contribution is 2.36. The monoisotopic (exact) mass is 271 g/mol. The molecule has 1 aromatic carbocycles. The summed E-state index contributed by atoms with van der Waals surface area (Å²) in [5.41, 5.74) is 8.89. The van der Waals surface area contributed by atoms with Gasteiger partial charge >= 0.3 is 0 Å². The third-order valence-corrected chi connectivity index (χ3v) is 4.45. The maximum Gasteiger partial charge on any atom is 0.182 e. The number of hydrogen-bond donors (Lipinski definition) is 1. The van der Waals surface area contributed by atoms with Crippen molar-refractivity contribution in [2.45, 2.75) is 51.5 Å². The van der Waals surface area contributed by atoms with Crippen LogP contribution in [0, 0.1) is 6.92 Å². The third-order valence-electron chi connectivity index (χ3n) is 4.45. The summed E-state index contributed by atoms with van der Waals surface area (Å²) in [6.07, 6.45) is 6.06. The van der Waals surface area contributed by atoms with E-state index in [1.807, 2.05) is 29.8 Å². The van der Waals surface area contributed by atoms with Crippen molar-refractivity contribution in [3.05, 3.63) is 23.8 Å². The molecule has 0 bridgehead atoms. The zero-order valence-electron chi connectivity index (χ0n) is 12.1. The van der Waals surface area contributed by atoms with Crippen molar-refractivity contribution in [1.82, 2.24) is 20.2 Å². The van der Waals surface area contributed by atoms with Crippen LogP contribution in [0.25, 0.3) is 11.4 Å². The Morgan fingerprint density at radius 3 is 2.65 bits per heavy atom. The van der Waals surface area contributed by atoms with Gasteiger partial charge in [0.05, 0.1) is 5.54 Å². The standard InChI is InChI=1S/C15H21N5/c1-11-6-7-12(10-13(11)16)14-17-18-19-20(14)15(2)8-4-3-5-9-15/h6-7,10H,3-5,8-9,16H2,1-2H3. The molecule has 0 atom stereocenters. The minimum absolute atomic E-state index is 0.0245. The van der Waals surface area contributed by atoms with Crippen LogP contribution in [0.15, 0.2) is 18.2 Å². The number of hydrogen-bond acceptors (Lipinski definition) is 4. The number of nitrogen functional groups attached to an aromatic ring is 1. The smallest absolute Gasteiger partial charge is 0.182 e. The van der Waals surface area contributed by atoms with E-state index in [-0.39, 0.29) is 5.54 Å². The summed E-state index contributed by atoms with van der Waals surface area (Å²) < 4.78 is 2.00. The lowest BCUT2D eigenvalue weighted by Gasteiger charge is -2.34. The lowest BCUT2D eigenvalue weighted by molar-refractivity contribution is 0.197. The number of tetrazole rings is 1. The van der Waals surface area contributed by atoms with Crippen LogP contribution in [0.5, 0.6) is 0 Å². The van der Waals surface area contributed by atoms with Gasteiger partial charge in [-0.2, -0.15) is 0 Å². The predicted octanol–water partition coefficient (Wildman–Crippen LogP) is 2.91. The van der Waals surface area contributed by atoms with Crippen molar-refractivity contribution in [2.24, 2.45) is 0 Å². The molecule has 5 heteroatoms. The highest BCUT2D eigenvalue weighted by atomic mass is 15.6. The van der Waals surface area contributed by atoms with Gasteiger partial charge in [-0.15, -0.1) is 5.10 Å².